The van der Waals surface area contributed by atoms with Gasteiger partial charge in [0, 0.05) is 37.9 Å². The molecule has 5 heteroatoms. The fourth-order valence-electron chi connectivity index (χ4n) is 3.74. The van der Waals surface area contributed by atoms with Gasteiger partial charge in [-0.3, -0.25) is 14.7 Å². The smallest absolute Gasteiger partial charge is 0.233 e. The van der Waals surface area contributed by atoms with Crippen LogP contribution in [0.15, 0.2) is 30.5 Å². The van der Waals surface area contributed by atoms with Crippen molar-refractivity contribution >= 4 is 22.5 Å². The molecule has 1 aliphatic heterocycles. The predicted molar refractivity (Wildman–Crippen MR) is 103 cm³/mol. The van der Waals surface area contributed by atoms with E-state index in [4.69, 9.17) is 0 Å². The molecular weight excluding hydrogens is 312 g/mol. The van der Waals surface area contributed by atoms with Crippen LogP contribution in [-0.4, -0.2) is 56.1 Å². The minimum absolute atomic E-state index is 0.106. The highest BCUT2D eigenvalue weighted by molar-refractivity contribution is 5.93. The Bertz CT molecular complexity index is 738. The van der Waals surface area contributed by atoms with Crippen molar-refractivity contribution in [3.8, 4) is 0 Å². The Kier molecular flexibility index (Phi) is 5.53. The lowest BCUT2D eigenvalue weighted by Gasteiger charge is -2.34. The summed E-state index contributed by atoms with van der Waals surface area (Å²) in [4.78, 5) is 20.7. The summed E-state index contributed by atoms with van der Waals surface area (Å²) in [5, 5.41) is 3.93. The van der Waals surface area contributed by atoms with Gasteiger partial charge in [0.25, 0.3) is 0 Å². The van der Waals surface area contributed by atoms with Crippen molar-refractivity contribution in [2.75, 3.05) is 45.2 Å². The summed E-state index contributed by atoms with van der Waals surface area (Å²) in [6.07, 6.45) is 4.19. The maximum atomic E-state index is 11.5. The van der Waals surface area contributed by atoms with E-state index in [2.05, 4.69) is 58.3 Å². The Morgan fingerprint density at radius 1 is 1.32 bits per heavy atom. The van der Waals surface area contributed by atoms with E-state index in [9.17, 15) is 4.79 Å². The zero-order valence-electron chi connectivity index (χ0n) is 15.5. The third kappa shape index (κ3) is 4.10. The first-order valence-electron chi connectivity index (χ1n) is 9.07. The summed E-state index contributed by atoms with van der Waals surface area (Å²) in [7, 11) is 3.87. The Balaban J connectivity index is 1.63. The fourth-order valence-corrected chi connectivity index (χ4v) is 3.74. The second-order valence-electron chi connectivity index (χ2n) is 7.07. The van der Waals surface area contributed by atoms with Gasteiger partial charge in [-0.1, -0.05) is 18.2 Å². The van der Waals surface area contributed by atoms with Crippen LogP contribution in [0.4, 0.5) is 5.69 Å². The van der Waals surface area contributed by atoms with E-state index < -0.39 is 0 Å². The van der Waals surface area contributed by atoms with Crippen molar-refractivity contribution in [2.24, 2.45) is 5.92 Å². The number of carbonyl (C=O) groups excluding carboxylic acids is 1. The van der Waals surface area contributed by atoms with Crippen molar-refractivity contribution < 1.29 is 4.79 Å². The summed E-state index contributed by atoms with van der Waals surface area (Å²) < 4.78 is 0. The van der Waals surface area contributed by atoms with Gasteiger partial charge >= 0.3 is 0 Å². The Morgan fingerprint density at radius 2 is 2.08 bits per heavy atom. The van der Waals surface area contributed by atoms with Crippen molar-refractivity contribution in [3.05, 3.63) is 36.0 Å². The molecule has 1 aliphatic rings. The van der Waals surface area contributed by atoms with E-state index >= 15 is 0 Å². The first kappa shape index (κ1) is 17.7. The molecule has 0 aliphatic carbocycles. The van der Waals surface area contributed by atoms with Gasteiger partial charge < -0.3 is 10.2 Å². The van der Waals surface area contributed by atoms with Gasteiger partial charge in [0.15, 0.2) is 0 Å². The number of nitrogens with zero attached hydrogens (tertiary/aromatic N) is 3. The molecule has 3 rings (SSSR count). The number of likely N-dealkylation sites (N-methyl/N-ethyl adjacent to an activating group) is 1. The number of aromatic nitrogens is 1. The summed E-state index contributed by atoms with van der Waals surface area (Å²) in [5.74, 6) is 0.771. The fraction of sp³-hybridized carbons (Fsp3) is 0.500. The molecule has 1 amide bonds. The number of pyridine rings is 1. The molecule has 1 aromatic heterocycles. The number of carbonyl (C=O) groups is 1. The second kappa shape index (κ2) is 7.83. The SMILES string of the molecule is CNC(=O)CN1CCC(CN(C)c2ccnc3c(C)cccc23)CC1. The summed E-state index contributed by atoms with van der Waals surface area (Å²) in [5.41, 5.74) is 3.56. The molecule has 5 nitrogen and oxygen atoms in total. The van der Waals surface area contributed by atoms with Crippen LogP contribution in [0, 0.1) is 12.8 Å². The van der Waals surface area contributed by atoms with Crippen LogP contribution in [0.3, 0.4) is 0 Å². The molecule has 0 atom stereocenters. The number of amides is 1. The van der Waals surface area contributed by atoms with Gasteiger partial charge in [-0.2, -0.15) is 0 Å². The molecule has 0 unspecified atom stereocenters. The maximum Gasteiger partial charge on any atom is 0.233 e. The second-order valence-corrected chi connectivity index (χ2v) is 7.07. The first-order chi connectivity index (χ1) is 12.1. The predicted octanol–water partition coefficient (Wildman–Crippen LogP) is 2.44. The van der Waals surface area contributed by atoms with Gasteiger partial charge in [-0.25, -0.2) is 0 Å². The maximum absolute atomic E-state index is 11.5. The molecule has 1 N–H and O–H groups in total. The lowest BCUT2D eigenvalue weighted by atomic mass is 9.96. The molecule has 1 aromatic carbocycles. The number of benzene rings is 1. The number of hydrogen-bond acceptors (Lipinski definition) is 4. The normalized spacial score (nSPS) is 16.1. The third-order valence-electron chi connectivity index (χ3n) is 5.25. The third-order valence-corrected chi connectivity index (χ3v) is 5.25. The zero-order chi connectivity index (χ0) is 17.8. The summed E-state index contributed by atoms with van der Waals surface area (Å²) in [6.45, 7) is 5.68. The number of anilines is 1. The summed E-state index contributed by atoms with van der Waals surface area (Å²) >= 11 is 0. The molecule has 0 radical (unpaired) electrons. The van der Waals surface area contributed by atoms with Gasteiger partial charge in [-0.05, 0) is 50.4 Å². The topological polar surface area (TPSA) is 48.5 Å². The number of piperidine rings is 1. The quantitative estimate of drug-likeness (QED) is 0.908. The number of rotatable bonds is 5. The molecule has 0 saturated carbocycles. The van der Waals surface area contributed by atoms with E-state index in [-0.39, 0.29) is 5.91 Å². The monoisotopic (exact) mass is 340 g/mol. The minimum atomic E-state index is 0.106. The van der Waals surface area contributed by atoms with Crippen LogP contribution in [0.25, 0.3) is 10.9 Å². The molecular formula is C20H28N4O. The van der Waals surface area contributed by atoms with Crippen molar-refractivity contribution in [1.29, 1.82) is 0 Å². The standard InChI is InChI=1S/C20H28N4O/c1-15-5-4-6-17-18(7-10-22-20(15)17)23(3)13-16-8-11-24(12-9-16)14-19(25)21-2/h4-7,10,16H,8-9,11-14H2,1-3H3,(H,21,25). The van der Waals surface area contributed by atoms with Crippen LogP contribution in [0.2, 0.25) is 0 Å². The first-order valence-corrected chi connectivity index (χ1v) is 9.07. The number of fused-ring (bicyclic) bond motifs is 1. The molecule has 2 heterocycles. The molecule has 0 bridgehead atoms. The number of para-hydroxylation sites is 1. The molecule has 134 valence electrons. The van der Waals surface area contributed by atoms with Gasteiger partial charge in [-0.15, -0.1) is 0 Å². The Morgan fingerprint density at radius 3 is 2.80 bits per heavy atom. The highest BCUT2D eigenvalue weighted by Gasteiger charge is 2.22. The van der Waals surface area contributed by atoms with Crippen molar-refractivity contribution in [3.63, 3.8) is 0 Å². The molecule has 2 aromatic rings. The van der Waals surface area contributed by atoms with Crippen LogP contribution < -0.4 is 10.2 Å². The number of likely N-dealkylation sites (tertiary alicyclic amines) is 1. The van der Waals surface area contributed by atoms with Gasteiger partial charge in [0.05, 0.1) is 12.1 Å². The Hall–Kier alpha value is -2.14. The lowest BCUT2D eigenvalue weighted by Crippen LogP contribution is -2.42. The number of nitrogens with one attached hydrogen (secondary N) is 1. The average molecular weight is 340 g/mol. The average Bonchev–Trinajstić information content (AvgIpc) is 2.63. The minimum Gasteiger partial charge on any atom is -0.374 e. The van der Waals surface area contributed by atoms with Crippen LogP contribution in [-0.2, 0) is 4.79 Å². The summed E-state index contributed by atoms with van der Waals surface area (Å²) in [6, 6.07) is 8.49. The highest BCUT2D eigenvalue weighted by atomic mass is 16.1. The van der Waals surface area contributed by atoms with Crippen molar-refractivity contribution in [2.45, 2.75) is 19.8 Å². The van der Waals surface area contributed by atoms with Crippen LogP contribution >= 0.6 is 0 Å². The van der Waals surface area contributed by atoms with Crippen molar-refractivity contribution in [1.82, 2.24) is 15.2 Å². The van der Waals surface area contributed by atoms with E-state index in [0.29, 0.717) is 12.5 Å². The van der Waals surface area contributed by atoms with Gasteiger partial charge in [0.2, 0.25) is 5.91 Å². The van der Waals surface area contributed by atoms with Crippen LogP contribution in [0.5, 0.6) is 0 Å². The molecule has 0 spiro atoms. The zero-order valence-corrected chi connectivity index (χ0v) is 15.5. The number of hydrogen-bond donors (Lipinski definition) is 1. The molecule has 25 heavy (non-hydrogen) atoms. The Labute approximate surface area is 150 Å². The molecule has 1 saturated heterocycles. The van der Waals surface area contributed by atoms with E-state index in [0.717, 1.165) is 38.0 Å². The highest BCUT2D eigenvalue weighted by Crippen LogP contribution is 2.28. The largest absolute Gasteiger partial charge is 0.374 e. The number of aryl methyl sites for hydroxylation is 1. The van der Waals surface area contributed by atoms with Crippen LogP contribution in [0.1, 0.15) is 18.4 Å². The molecule has 1 fully saturated rings. The van der Waals surface area contributed by atoms with E-state index in [1.807, 2.05) is 6.20 Å². The lowest BCUT2D eigenvalue weighted by molar-refractivity contribution is -0.122. The van der Waals surface area contributed by atoms with E-state index in [1.165, 1.54) is 16.6 Å². The van der Waals surface area contributed by atoms with E-state index in [1.54, 1.807) is 7.05 Å². The van der Waals surface area contributed by atoms with Gasteiger partial charge in [0.1, 0.15) is 0 Å².